The molecule has 2 aromatic rings. The van der Waals surface area contributed by atoms with Crippen LogP contribution in [-0.2, 0) is 22.4 Å². The summed E-state index contributed by atoms with van der Waals surface area (Å²) in [5.74, 6) is 1.11. The smallest absolute Gasteiger partial charge is 0.348 e. The lowest BCUT2D eigenvalue weighted by Crippen LogP contribution is -2.21. The van der Waals surface area contributed by atoms with Crippen LogP contribution in [0.2, 0.25) is 0 Å². The molecular formula is C21H23NO5S. The number of anilines is 1. The molecule has 1 aliphatic carbocycles. The molecule has 4 rings (SSSR count). The lowest BCUT2D eigenvalue weighted by atomic mass is 9.87. The summed E-state index contributed by atoms with van der Waals surface area (Å²) in [6.45, 7) is 2.87. The van der Waals surface area contributed by atoms with E-state index in [0.29, 0.717) is 41.2 Å². The van der Waals surface area contributed by atoms with Crippen LogP contribution in [0, 0.1) is 5.92 Å². The van der Waals surface area contributed by atoms with Gasteiger partial charge in [-0.15, -0.1) is 11.3 Å². The molecule has 2 heterocycles. The van der Waals surface area contributed by atoms with Gasteiger partial charge in [-0.05, 0) is 48.9 Å². The van der Waals surface area contributed by atoms with Gasteiger partial charge in [-0.2, -0.15) is 0 Å². The molecule has 1 N–H and O–H groups in total. The SMILES string of the molecule is CC[C@@H]1CCc2sc(C(=O)OCC(=O)Nc3ccc4c(c3)OCCO4)cc2C1. The third kappa shape index (κ3) is 4.14. The first-order valence-electron chi connectivity index (χ1n) is 9.60. The minimum Gasteiger partial charge on any atom is -0.486 e. The Morgan fingerprint density at radius 3 is 2.86 bits per heavy atom. The van der Waals surface area contributed by atoms with Crippen molar-refractivity contribution < 1.29 is 23.8 Å². The average Bonchev–Trinajstić information content (AvgIpc) is 3.15. The molecule has 1 atom stereocenters. The molecule has 1 aromatic carbocycles. The first-order chi connectivity index (χ1) is 13.6. The lowest BCUT2D eigenvalue weighted by Gasteiger charge is -2.19. The van der Waals surface area contributed by atoms with E-state index in [1.807, 2.05) is 6.07 Å². The third-order valence-corrected chi connectivity index (χ3v) is 6.34. The standard InChI is InChI=1S/C21H23NO5S/c1-2-13-3-6-18-14(9-13)10-19(28-18)21(24)27-12-20(23)22-15-4-5-16-17(11-15)26-8-7-25-16/h4-5,10-11,13H,2-3,6-9,12H2,1H3,(H,22,23)/t13-/m1/s1. The van der Waals surface area contributed by atoms with E-state index in [-0.39, 0.29) is 6.61 Å². The Labute approximate surface area is 167 Å². The van der Waals surface area contributed by atoms with Gasteiger partial charge in [0, 0.05) is 16.6 Å². The number of hydrogen-bond acceptors (Lipinski definition) is 6. The van der Waals surface area contributed by atoms with Gasteiger partial charge in [0.15, 0.2) is 18.1 Å². The van der Waals surface area contributed by atoms with Gasteiger partial charge in [0.1, 0.15) is 18.1 Å². The Morgan fingerprint density at radius 2 is 2.04 bits per heavy atom. The number of amides is 1. The summed E-state index contributed by atoms with van der Waals surface area (Å²) in [5, 5.41) is 2.71. The molecule has 28 heavy (non-hydrogen) atoms. The number of fused-ring (bicyclic) bond motifs is 2. The summed E-state index contributed by atoms with van der Waals surface area (Å²) in [4.78, 5) is 26.3. The summed E-state index contributed by atoms with van der Waals surface area (Å²) >= 11 is 1.49. The fourth-order valence-electron chi connectivity index (χ4n) is 3.57. The zero-order valence-corrected chi connectivity index (χ0v) is 16.6. The molecule has 6 nitrogen and oxygen atoms in total. The molecule has 1 aliphatic heterocycles. The van der Waals surface area contributed by atoms with E-state index >= 15 is 0 Å². The van der Waals surface area contributed by atoms with Gasteiger partial charge in [-0.25, -0.2) is 4.79 Å². The van der Waals surface area contributed by atoms with Gasteiger partial charge in [0.2, 0.25) is 0 Å². The normalized spacial score (nSPS) is 17.5. The van der Waals surface area contributed by atoms with Crippen molar-refractivity contribution in [3.05, 3.63) is 39.6 Å². The largest absolute Gasteiger partial charge is 0.486 e. The maximum Gasteiger partial charge on any atom is 0.348 e. The molecular weight excluding hydrogens is 378 g/mol. The van der Waals surface area contributed by atoms with Gasteiger partial charge in [-0.3, -0.25) is 4.79 Å². The number of thiophene rings is 1. The molecule has 2 aliphatic rings. The monoisotopic (exact) mass is 401 g/mol. The number of hydrogen-bond donors (Lipinski definition) is 1. The predicted octanol–water partition coefficient (Wildman–Crippen LogP) is 3.83. The van der Waals surface area contributed by atoms with E-state index in [2.05, 4.69) is 12.2 Å². The molecule has 0 bridgehead atoms. The Hall–Kier alpha value is -2.54. The summed E-state index contributed by atoms with van der Waals surface area (Å²) in [7, 11) is 0. The van der Waals surface area contributed by atoms with Crippen LogP contribution in [0.15, 0.2) is 24.3 Å². The molecule has 0 fully saturated rings. The number of benzene rings is 1. The van der Waals surface area contributed by atoms with Crippen LogP contribution < -0.4 is 14.8 Å². The Morgan fingerprint density at radius 1 is 1.21 bits per heavy atom. The predicted molar refractivity (Wildman–Crippen MR) is 106 cm³/mol. The average molecular weight is 401 g/mol. The Bertz CT molecular complexity index is 891. The fourth-order valence-corrected chi connectivity index (χ4v) is 4.67. The quantitative estimate of drug-likeness (QED) is 0.771. The minimum atomic E-state index is -0.440. The number of aryl methyl sites for hydroxylation is 1. The fraction of sp³-hybridized carbons (Fsp3) is 0.429. The maximum absolute atomic E-state index is 12.3. The van der Waals surface area contributed by atoms with Gasteiger partial charge in [0.05, 0.1) is 0 Å². The zero-order chi connectivity index (χ0) is 19.5. The van der Waals surface area contributed by atoms with Gasteiger partial charge < -0.3 is 19.5 Å². The van der Waals surface area contributed by atoms with Crippen molar-refractivity contribution in [3.8, 4) is 11.5 Å². The van der Waals surface area contributed by atoms with Gasteiger partial charge in [-0.1, -0.05) is 13.3 Å². The van der Waals surface area contributed by atoms with Crippen LogP contribution in [0.4, 0.5) is 5.69 Å². The van der Waals surface area contributed by atoms with Crippen molar-refractivity contribution in [1.29, 1.82) is 0 Å². The third-order valence-electron chi connectivity index (χ3n) is 5.12. The lowest BCUT2D eigenvalue weighted by molar-refractivity contribution is -0.119. The first kappa shape index (κ1) is 18.8. The van der Waals surface area contributed by atoms with E-state index < -0.39 is 11.9 Å². The molecule has 0 radical (unpaired) electrons. The molecule has 7 heteroatoms. The second-order valence-corrected chi connectivity index (χ2v) is 8.20. The molecule has 1 amide bonds. The molecule has 0 unspecified atom stereocenters. The highest BCUT2D eigenvalue weighted by atomic mass is 32.1. The topological polar surface area (TPSA) is 73.9 Å². The zero-order valence-electron chi connectivity index (χ0n) is 15.8. The van der Waals surface area contributed by atoms with Gasteiger partial charge in [0.25, 0.3) is 5.91 Å². The number of nitrogens with one attached hydrogen (secondary N) is 1. The van der Waals surface area contributed by atoms with Gasteiger partial charge >= 0.3 is 5.97 Å². The summed E-state index contributed by atoms with van der Waals surface area (Å²) in [6.07, 6.45) is 4.39. The number of carbonyl (C=O) groups is 2. The Kier molecular flexibility index (Phi) is 5.52. The van der Waals surface area contributed by atoms with E-state index in [4.69, 9.17) is 14.2 Å². The molecule has 148 valence electrons. The number of esters is 1. The summed E-state index contributed by atoms with van der Waals surface area (Å²) in [5.41, 5.74) is 1.83. The summed E-state index contributed by atoms with van der Waals surface area (Å²) in [6, 6.07) is 7.11. The highest BCUT2D eigenvalue weighted by molar-refractivity contribution is 7.14. The van der Waals surface area contributed by atoms with Crippen LogP contribution >= 0.6 is 11.3 Å². The molecule has 1 aromatic heterocycles. The first-order valence-corrected chi connectivity index (χ1v) is 10.4. The van der Waals surface area contributed by atoms with Crippen molar-refractivity contribution in [2.24, 2.45) is 5.92 Å². The van der Waals surface area contributed by atoms with Crippen molar-refractivity contribution in [2.75, 3.05) is 25.1 Å². The number of ether oxygens (including phenoxy) is 3. The van der Waals surface area contributed by atoms with Crippen molar-refractivity contribution in [3.63, 3.8) is 0 Å². The number of rotatable bonds is 5. The van der Waals surface area contributed by atoms with E-state index in [0.717, 1.165) is 19.3 Å². The maximum atomic E-state index is 12.3. The molecule has 0 spiro atoms. The van der Waals surface area contributed by atoms with Crippen LogP contribution in [0.3, 0.4) is 0 Å². The van der Waals surface area contributed by atoms with Crippen molar-refractivity contribution in [2.45, 2.75) is 32.6 Å². The highest BCUT2D eigenvalue weighted by Gasteiger charge is 2.23. The van der Waals surface area contributed by atoms with Crippen LogP contribution in [0.1, 0.15) is 39.9 Å². The molecule has 0 saturated heterocycles. The van der Waals surface area contributed by atoms with Crippen molar-refractivity contribution >= 4 is 28.9 Å². The van der Waals surface area contributed by atoms with E-state index in [1.165, 1.54) is 28.2 Å². The van der Waals surface area contributed by atoms with Crippen LogP contribution in [0.25, 0.3) is 0 Å². The highest BCUT2D eigenvalue weighted by Crippen LogP contribution is 2.34. The molecule has 0 saturated carbocycles. The summed E-state index contributed by atoms with van der Waals surface area (Å²) < 4.78 is 16.2. The number of carbonyl (C=O) groups excluding carboxylic acids is 2. The van der Waals surface area contributed by atoms with Crippen molar-refractivity contribution in [1.82, 2.24) is 0 Å². The van der Waals surface area contributed by atoms with Crippen LogP contribution in [-0.4, -0.2) is 31.7 Å². The Balaban J connectivity index is 1.31. The second kappa shape index (κ2) is 8.22. The van der Waals surface area contributed by atoms with E-state index in [9.17, 15) is 9.59 Å². The minimum absolute atomic E-state index is 0.326. The second-order valence-electron chi connectivity index (χ2n) is 7.06. The van der Waals surface area contributed by atoms with Crippen LogP contribution in [0.5, 0.6) is 11.5 Å². The van der Waals surface area contributed by atoms with E-state index in [1.54, 1.807) is 18.2 Å².